The van der Waals surface area contributed by atoms with E-state index in [1.807, 2.05) is 24.3 Å². The van der Waals surface area contributed by atoms with Crippen LogP contribution < -0.4 is 20.7 Å². The number of aromatic nitrogens is 1. The Labute approximate surface area is 149 Å². The van der Waals surface area contributed by atoms with Crippen LogP contribution in [0.4, 0.5) is 11.4 Å². The molecule has 4 N–H and O–H groups in total. The first-order valence-corrected chi connectivity index (χ1v) is 8.24. The van der Waals surface area contributed by atoms with Gasteiger partial charge >= 0.3 is 0 Å². The predicted octanol–water partition coefficient (Wildman–Crippen LogP) is 2.47. The number of fused-ring (bicyclic) bond motifs is 2. The summed E-state index contributed by atoms with van der Waals surface area (Å²) in [4.78, 5) is 27.2. The first kappa shape index (κ1) is 16.0. The molecule has 0 fully saturated rings. The number of methoxy groups -OCH3 is 1. The molecule has 7 heteroatoms. The van der Waals surface area contributed by atoms with Crippen molar-refractivity contribution in [1.82, 2.24) is 10.3 Å². The van der Waals surface area contributed by atoms with Crippen molar-refractivity contribution in [3.63, 3.8) is 0 Å². The standard InChI is InChI=1S/C19H18N4O3/c1-26-14-3-5-15-12(7-14)6-13(22-15)9-21-19(25)11-2-4-16-17(8-11)23-18(24)10-20-16/h2-8,20,22H,9-10H2,1H3,(H,21,25)(H,23,24). The molecule has 2 aromatic carbocycles. The highest BCUT2D eigenvalue weighted by Gasteiger charge is 2.16. The molecule has 0 saturated heterocycles. The number of hydrogen-bond acceptors (Lipinski definition) is 4. The molecule has 0 radical (unpaired) electrons. The smallest absolute Gasteiger partial charge is 0.251 e. The lowest BCUT2D eigenvalue weighted by atomic mass is 10.1. The van der Waals surface area contributed by atoms with Crippen LogP contribution >= 0.6 is 0 Å². The highest BCUT2D eigenvalue weighted by atomic mass is 16.5. The SMILES string of the molecule is COc1ccc2[nH]c(CNC(=O)c3ccc4c(c3)NC(=O)CN4)cc2c1. The Kier molecular flexibility index (Phi) is 3.96. The van der Waals surface area contributed by atoms with Crippen LogP contribution in [0.2, 0.25) is 0 Å². The number of ether oxygens (including phenoxy) is 1. The normalized spacial score (nSPS) is 12.9. The number of H-pyrrole nitrogens is 1. The molecule has 1 aromatic heterocycles. The number of anilines is 2. The molecule has 0 saturated carbocycles. The molecule has 1 aliphatic heterocycles. The van der Waals surface area contributed by atoms with Crippen molar-refractivity contribution in [2.45, 2.75) is 6.54 Å². The summed E-state index contributed by atoms with van der Waals surface area (Å²) in [5, 5.41) is 9.67. The molecule has 2 amide bonds. The van der Waals surface area contributed by atoms with Crippen LogP contribution in [-0.2, 0) is 11.3 Å². The highest BCUT2D eigenvalue weighted by molar-refractivity contribution is 6.03. The monoisotopic (exact) mass is 350 g/mol. The lowest BCUT2D eigenvalue weighted by Crippen LogP contribution is -2.28. The van der Waals surface area contributed by atoms with Crippen LogP contribution in [-0.4, -0.2) is 30.5 Å². The molecular formula is C19H18N4O3. The molecule has 3 aromatic rings. The average Bonchev–Trinajstić information content (AvgIpc) is 3.07. The molecular weight excluding hydrogens is 332 g/mol. The minimum Gasteiger partial charge on any atom is -0.497 e. The summed E-state index contributed by atoms with van der Waals surface area (Å²) in [6, 6.07) is 12.9. The van der Waals surface area contributed by atoms with E-state index in [0.717, 1.165) is 28.0 Å². The van der Waals surface area contributed by atoms with E-state index >= 15 is 0 Å². The summed E-state index contributed by atoms with van der Waals surface area (Å²) in [6.45, 7) is 0.612. The molecule has 0 bridgehead atoms. The summed E-state index contributed by atoms with van der Waals surface area (Å²) in [5.74, 6) is 0.462. The molecule has 2 heterocycles. The van der Waals surface area contributed by atoms with E-state index in [4.69, 9.17) is 4.74 Å². The number of carbonyl (C=O) groups excluding carboxylic acids is 2. The minimum absolute atomic E-state index is 0.122. The van der Waals surface area contributed by atoms with E-state index in [9.17, 15) is 9.59 Å². The maximum atomic E-state index is 12.4. The van der Waals surface area contributed by atoms with Crippen molar-refractivity contribution in [2.24, 2.45) is 0 Å². The van der Waals surface area contributed by atoms with Crippen molar-refractivity contribution in [3.8, 4) is 5.75 Å². The van der Waals surface area contributed by atoms with Gasteiger partial charge in [0.15, 0.2) is 0 Å². The van der Waals surface area contributed by atoms with E-state index in [1.54, 1.807) is 25.3 Å². The zero-order valence-corrected chi connectivity index (χ0v) is 14.2. The number of benzene rings is 2. The first-order chi connectivity index (χ1) is 12.6. The van der Waals surface area contributed by atoms with Gasteiger partial charge < -0.3 is 25.7 Å². The van der Waals surface area contributed by atoms with E-state index in [0.29, 0.717) is 17.8 Å². The lowest BCUT2D eigenvalue weighted by Gasteiger charge is -2.19. The summed E-state index contributed by atoms with van der Waals surface area (Å²) >= 11 is 0. The van der Waals surface area contributed by atoms with Gasteiger partial charge in [0.1, 0.15) is 5.75 Å². The fourth-order valence-electron chi connectivity index (χ4n) is 2.98. The van der Waals surface area contributed by atoms with E-state index in [1.165, 1.54) is 0 Å². The molecule has 0 spiro atoms. The quantitative estimate of drug-likeness (QED) is 0.581. The van der Waals surface area contributed by atoms with Gasteiger partial charge in [0, 0.05) is 22.2 Å². The molecule has 0 aliphatic carbocycles. The first-order valence-electron chi connectivity index (χ1n) is 8.24. The zero-order chi connectivity index (χ0) is 18.1. The second kappa shape index (κ2) is 6.44. The molecule has 0 atom stereocenters. The Morgan fingerprint density at radius 3 is 2.88 bits per heavy atom. The number of rotatable bonds is 4. The van der Waals surface area contributed by atoms with Crippen molar-refractivity contribution in [2.75, 3.05) is 24.3 Å². The largest absolute Gasteiger partial charge is 0.497 e. The number of carbonyl (C=O) groups is 2. The van der Waals surface area contributed by atoms with Gasteiger partial charge in [-0.05, 0) is 42.5 Å². The molecule has 0 unspecified atom stereocenters. The van der Waals surface area contributed by atoms with Gasteiger partial charge in [0.25, 0.3) is 5.91 Å². The third-order valence-electron chi connectivity index (χ3n) is 4.32. The fourth-order valence-corrected chi connectivity index (χ4v) is 2.98. The Bertz CT molecular complexity index is 1010. The van der Waals surface area contributed by atoms with Crippen molar-refractivity contribution < 1.29 is 14.3 Å². The van der Waals surface area contributed by atoms with Gasteiger partial charge in [-0.15, -0.1) is 0 Å². The van der Waals surface area contributed by atoms with Crippen LogP contribution in [0.5, 0.6) is 5.75 Å². The highest BCUT2D eigenvalue weighted by Crippen LogP contribution is 2.26. The second-order valence-corrected chi connectivity index (χ2v) is 6.09. The van der Waals surface area contributed by atoms with Crippen LogP contribution in [0.25, 0.3) is 10.9 Å². The van der Waals surface area contributed by atoms with Crippen molar-refractivity contribution >= 4 is 34.1 Å². The fraction of sp³-hybridized carbons (Fsp3) is 0.158. The molecule has 1 aliphatic rings. The topological polar surface area (TPSA) is 95.2 Å². The summed E-state index contributed by atoms with van der Waals surface area (Å²) in [6.07, 6.45) is 0. The Morgan fingerprint density at radius 2 is 2.04 bits per heavy atom. The van der Waals surface area contributed by atoms with E-state index < -0.39 is 0 Å². The van der Waals surface area contributed by atoms with E-state index in [2.05, 4.69) is 20.9 Å². The Balaban J connectivity index is 1.47. The molecule has 7 nitrogen and oxygen atoms in total. The van der Waals surface area contributed by atoms with Crippen LogP contribution in [0.3, 0.4) is 0 Å². The maximum absolute atomic E-state index is 12.4. The minimum atomic E-state index is -0.205. The van der Waals surface area contributed by atoms with Gasteiger partial charge in [0.05, 0.1) is 31.6 Å². The predicted molar refractivity (Wildman–Crippen MR) is 99.6 cm³/mol. The van der Waals surface area contributed by atoms with Gasteiger partial charge in [-0.2, -0.15) is 0 Å². The number of nitrogens with one attached hydrogen (secondary N) is 4. The van der Waals surface area contributed by atoms with Crippen LogP contribution in [0, 0.1) is 0 Å². The number of amides is 2. The van der Waals surface area contributed by atoms with Crippen molar-refractivity contribution in [3.05, 3.63) is 53.7 Å². The number of aromatic amines is 1. The van der Waals surface area contributed by atoms with E-state index in [-0.39, 0.29) is 18.4 Å². The molecule has 4 rings (SSSR count). The molecule has 132 valence electrons. The summed E-state index contributed by atoms with van der Waals surface area (Å²) < 4.78 is 5.22. The third-order valence-corrected chi connectivity index (χ3v) is 4.32. The van der Waals surface area contributed by atoms with Gasteiger partial charge in [0.2, 0.25) is 5.91 Å². The average molecular weight is 350 g/mol. The number of hydrogen-bond donors (Lipinski definition) is 4. The van der Waals surface area contributed by atoms with Gasteiger partial charge in [-0.3, -0.25) is 9.59 Å². The summed E-state index contributed by atoms with van der Waals surface area (Å²) in [5.41, 5.74) is 3.80. The Morgan fingerprint density at radius 1 is 1.15 bits per heavy atom. The van der Waals surface area contributed by atoms with Crippen LogP contribution in [0.15, 0.2) is 42.5 Å². The molecule has 26 heavy (non-hydrogen) atoms. The van der Waals surface area contributed by atoms with Gasteiger partial charge in [-0.25, -0.2) is 0 Å². The lowest BCUT2D eigenvalue weighted by molar-refractivity contribution is -0.114. The Hall–Kier alpha value is -3.48. The van der Waals surface area contributed by atoms with Crippen molar-refractivity contribution in [1.29, 1.82) is 0 Å². The van der Waals surface area contributed by atoms with Gasteiger partial charge in [-0.1, -0.05) is 0 Å². The second-order valence-electron chi connectivity index (χ2n) is 6.09. The maximum Gasteiger partial charge on any atom is 0.251 e. The third kappa shape index (κ3) is 3.06. The van der Waals surface area contributed by atoms with Crippen LogP contribution in [0.1, 0.15) is 16.1 Å². The summed E-state index contributed by atoms with van der Waals surface area (Å²) in [7, 11) is 1.63. The zero-order valence-electron chi connectivity index (χ0n) is 14.2.